The summed E-state index contributed by atoms with van der Waals surface area (Å²) in [6.45, 7) is 2.86. The van der Waals surface area contributed by atoms with Gasteiger partial charge >= 0.3 is 5.97 Å². The Labute approximate surface area is 191 Å². The van der Waals surface area contributed by atoms with Crippen LogP contribution in [0.1, 0.15) is 30.1 Å². The summed E-state index contributed by atoms with van der Waals surface area (Å²) in [6.07, 6.45) is 2.87. The van der Waals surface area contributed by atoms with Gasteiger partial charge in [0.05, 0.1) is 6.61 Å². The van der Waals surface area contributed by atoms with E-state index < -0.39 is 12.0 Å². The molecular formula is C25H23ClN2O4. The predicted molar refractivity (Wildman–Crippen MR) is 123 cm³/mol. The molecule has 3 aromatic rings. The number of rotatable bonds is 6. The minimum absolute atomic E-state index is 0.292. The van der Waals surface area contributed by atoms with E-state index >= 15 is 0 Å². The molecule has 1 unspecified atom stereocenters. The third kappa shape index (κ3) is 4.32. The van der Waals surface area contributed by atoms with E-state index in [1.165, 1.54) is 4.90 Å². The second-order valence-corrected chi connectivity index (χ2v) is 7.96. The van der Waals surface area contributed by atoms with Gasteiger partial charge in [0.25, 0.3) is 5.91 Å². The van der Waals surface area contributed by atoms with Crippen LogP contribution in [-0.4, -0.2) is 46.1 Å². The second-order valence-electron chi connectivity index (χ2n) is 7.55. The van der Waals surface area contributed by atoms with Gasteiger partial charge in [-0.3, -0.25) is 4.79 Å². The quantitative estimate of drug-likeness (QED) is 0.561. The van der Waals surface area contributed by atoms with Crippen LogP contribution in [-0.2, 0) is 4.79 Å². The number of hydrogen-bond acceptors (Lipinski definition) is 4. The van der Waals surface area contributed by atoms with Crippen LogP contribution in [0.2, 0.25) is 5.02 Å². The molecule has 2 aromatic carbocycles. The van der Waals surface area contributed by atoms with E-state index in [9.17, 15) is 14.7 Å². The molecule has 6 nitrogen and oxygen atoms in total. The van der Waals surface area contributed by atoms with Gasteiger partial charge in [0.1, 0.15) is 6.04 Å². The highest BCUT2D eigenvalue weighted by Crippen LogP contribution is 2.37. The van der Waals surface area contributed by atoms with E-state index in [4.69, 9.17) is 16.3 Å². The number of halogens is 1. The Morgan fingerprint density at radius 1 is 1.12 bits per heavy atom. The molecule has 0 spiro atoms. The Kier molecular flexibility index (Phi) is 6.42. The van der Waals surface area contributed by atoms with Crippen molar-refractivity contribution in [3.05, 3.63) is 71.4 Å². The Bertz CT molecular complexity index is 1150. The number of amides is 1. The van der Waals surface area contributed by atoms with Crippen molar-refractivity contribution in [2.24, 2.45) is 0 Å². The van der Waals surface area contributed by atoms with Crippen LogP contribution < -0.4 is 4.74 Å². The smallest absolute Gasteiger partial charge is 0.326 e. The lowest BCUT2D eigenvalue weighted by Crippen LogP contribution is -2.40. The zero-order chi connectivity index (χ0) is 22.7. The number of carbonyl (C=O) groups excluding carboxylic acids is 1. The molecule has 32 heavy (non-hydrogen) atoms. The van der Waals surface area contributed by atoms with Crippen LogP contribution in [0, 0.1) is 0 Å². The fourth-order valence-corrected chi connectivity index (χ4v) is 4.27. The van der Waals surface area contributed by atoms with Crippen molar-refractivity contribution < 1.29 is 19.4 Å². The molecule has 1 atom stereocenters. The van der Waals surface area contributed by atoms with Gasteiger partial charge < -0.3 is 14.7 Å². The Morgan fingerprint density at radius 3 is 2.62 bits per heavy atom. The first-order valence-corrected chi connectivity index (χ1v) is 10.9. The van der Waals surface area contributed by atoms with Gasteiger partial charge in [0.15, 0.2) is 0 Å². The molecule has 0 saturated carbocycles. The molecule has 7 heteroatoms. The van der Waals surface area contributed by atoms with Crippen LogP contribution in [0.15, 0.2) is 60.8 Å². The highest BCUT2D eigenvalue weighted by molar-refractivity contribution is 6.33. The lowest BCUT2D eigenvalue weighted by molar-refractivity contribution is -0.141. The lowest BCUT2D eigenvalue weighted by atomic mass is 9.93. The summed E-state index contributed by atoms with van der Waals surface area (Å²) in [5.41, 5.74) is 3.70. The van der Waals surface area contributed by atoms with Crippen molar-refractivity contribution in [2.75, 3.05) is 13.2 Å². The predicted octanol–water partition coefficient (Wildman–Crippen LogP) is 5.16. The first-order chi connectivity index (χ1) is 15.5. The highest BCUT2D eigenvalue weighted by atomic mass is 35.5. The van der Waals surface area contributed by atoms with E-state index in [0.717, 1.165) is 22.3 Å². The molecule has 1 aliphatic rings. The molecule has 164 valence electrons. The third-order valence-corrected chi connectivity index (χ3v) is 5.90. The van der Waals surface area contributed by atoms with E-state index in [-0.39, 0.29) is 5.91 Å². The SMILES string of the molecule is CCOc1ccc(-c2ccc(C(=O)N3CCCC3C(=O)O)cc2-c2ccccc2Cl)cn1. The summed E-state index contributed by atoms with van der Waals surface area (Å²) in [7, 11) is 0. The van der Waals surface area contributed by atoms with Gasteiger partial charge in [-0.2, -0.15) is 0 Å². The Morgan fingerprint density at radius 2 is 1.94 bits per heavy atom. The summed E-state index contributed by atoms with van der Waals surface area (Å²) < 4.78 is 5.44. The Hall–Kier alpha value is -3.38. The standard InChI is InChI=1S/C25H23ClN2O4/c1-2-32-23-12-10-17(15-27-23)18-11-9-16(14-20(18)19-6-3-4-7-21(19)26)24(29)28-13-5-8-22(28)25(30)31/h3-4,6-7,9-12,14-15,22H,2,5,8,13H2,1H3,(H,30,31). The molecule has 0 bridgehead atoms. The van der Waals surface area contributed by atoms with E-state index in [1.807, 2.05) is 37.3 Å². The molecule has 1 aromatic heterocycles. The maximum atomic E-state index is 13.2. The summed E-state index contributed by atoms with van der Waals surface area (Å²) in [4.78, 5) is 30.6. The zero-order valence-electron chi connectivity index (χ0n) is 17.6. The maximum Gasteiger partial charge on any atom is 0.326 e. The monoisotopic (exact) mass is 450 g/mol. The highest BCUT2D eigenvalue weighted by Gasteiger charge is 2.34. The molecule has 2 heterocycles. The number of nitrogens with zero attached hydrogens (tertiary/aromatic N) is 2. The molecular weight excluding hydrogens is 428 g/mol. The fourth-order valence-electron chi connectivity index (χ4n) is 4.04. The van der Waals surface area contributed by atoms with Crippen LogP contribution in [0.4, 0.5) is 0 Å². The normalized spacial score (nSPS) is 15.6. The van der Waals surface area contributed by atoms with Crippen molar-refractivity contribution >= 4 is 23.5 Å². The average Bonchev–Trinajstić information content (AvgIpc) is 3.30. The molecule has 4 rings (SSSR count). The first-order valence-electron chi connectivity index (χ1n) is 10.5. The molecule has 1 amide bonds. The van der Waals surface area contributed by atoms with Gasteiger partial charge in [-0.05, 0) is 55.2 Å². The number of likely N-dealkylation sites (tertiary alicyclic amines) is 1. The maximum absolute atomic E-state index is 13.2. The number of carboxylic acids is 1. The number of aliphatic carboxylic acids is 1. The Balaban J connectivity index is 1.79. The number of pyridine rings is 1. The summed E-state index contributed by atoms with van der Waals surface area (Å²) in [5.74, 6) is -0.727. The topological polar surface area (TPSA) is 79.7 Å². The number of carboxylic acid groups (broad SMARTS) is 1. The second kappa shape index (κ2) is 9.40. The van der Waals surface area contributed by atoms with Gasteiger partial charge in [0.2, 0.25) is 5.88 Å². The number of carbonyl (C=O) groups is 2. The van der Waals surface area contributed by atoms with Crippen molar-refractivity contribution in [2.45, 2.75) is 25.8 Å². The molecule has 0 aliphatic carbocycles. The minimum atomic E-state index is -0.973. The van der Waals surface area contributed by atoms with Crippen molar-refractivity contribution in [1.82, 2.24) is 9.88 Å². The van der Waals surface area contributed by atoms with Crippen molar-refractivity contribution in [3.63, 3.8) is 0 Å². The largest absolute Gasteiger partial charge is 0.480 e. The van der Waals surface area contributed by atoms with Crippen molar-refractivity contribution in [1.29, 1.82) is 0 Å². The van der Waals surface area contributed by atoms with Gasteiger partial charge in [-0.1, -0.05) is 35.9 Å². The fraction of sp³-hybridized carbons (Fsp3) is 0.240. The molecule has 1 fully saturated rings. The number of ether oxygens (including phenoxy) is 1. The van der Waals surface area contributed by atoms with E-state index in [0.29, 0.717) is 42.5 Å². The average molecular weight is 451 g/mol. The van der Waals surface area contributed by atoms with E-state index in [2.05, 4.69) is 4.98 Å². The summed E-state index contributed by atoms with van der Waals surface area (Å²) in [5, 5.41) is 10.0. The number of aromatic nitrogens is 1. The first kappa shape index (κ1) is 21.8. The van der Waals surface area contributed by atoms with E-state index in [1.54, 1.807) is 30.5 Å². The third-order valence-electron chi connectivity index (χ3n) is 5.57. The summed E-state index contributed by atoms with van der Waals surface area (Å²) in [6, 6.07) is 15.7. The minimum Gasteiger partial charge on any atom is -0.480 e. The van der Waals surface area contributed by atoms with Crippen LogP contribution in [0.3, 0.4) is 0 Å². The van der Waals surface area contributed by atoms with Gasteiger partial charge in [-0.25, -0.2) is 9.78 Å². The molecule has 1 aliphatic heterocycles. The van der Waals surface area contributed by atoms with Crippen molar-refractivity contribution in [3.8, 4) is 28.1 Å². The summed E-state index contributed by atoms with van der Waals surface area (Å²) >= 11 is 6.50. The molecule has 0 radical (unpaired) electrons. The zero-order valence-corrected chi connectivity index (χ0v) is 18.4. The molecule has 1 saturated heterocycles. The van der Waals surface area contributed by atoms with Crippen LogP contribution >= 0.6 is 11.6 Å². The van der Waals surface area contributed by atoms with Crippen LogP contribution in [0.5, 0.6) is 5.88 Å². The lowest BCUT2D eigenvalue weighted by Gasteiger charge is -2.22. The van der Waals surface area contributed by atoms with Gasteiger partial charge in [0, 0.05) is 40.5 Å². The van der Waals surface area contributed by atoms with Crippen LogP contribution in [0.25, 0.3) is 22.3 Å². The molecule has 1 N–H and O–H groups in total. The number of hydrogen-bond donors (Lipinski definition) is 1. The van der Waals surface area contributed by atoms with Gasteiger partial charge in [-0.15, -0.1) is 0 Å². The number of benzene rings is 2.